The van der Waals surface area contributed by atoms with Crippen LogP contribution < -0.4 is 5.32 Å². The smallest absolute Gasteiger partial charge is 0.306 e. The van der Waals surface area contributed by atoms with Gasteiger partial charge < -0.3 is 20.3 Å². The molecule has 6 nitrogen and oxygen atoms in total. The van der Waals surface area contributed by atoms with Crippen LogP contribution in [0.25, 0.3) is 0 Å². The van der Waals surface area contributed by atoms with Crippen molar-refractivity contribution >= 4 is 11.9 Å². The highest BCUT2D eigenvalue weighted by molar-refractivity contribution is 5.77. The van der Waals surface area contributed by atoms with Crippen LogP contribution >= 0.6 is 0 Å². The van der Waals surface area contributed by atoms with Crippen molar-refractivity contribution in [3.63, 3.8) is 0 Å². The Morgan fingerprint density at radius 1 is 0.475 bits per heavy atom. The van der Waals surface area contributed by atoms with E-state index >= 15 is 0 Å². The number of hydrogen-bond donors (Lipinski definition) is 3. The Bertz CT molecular complexity index is 893. The number of amides is 1. The van der Waals surface area contributed by atoms with Crippen LogP contribution in [0.1, 0.15) is 290 Å². The van der Waals surface area contributed by atoms with Crippen molar-refractivity contribution < 1.29 is 24.5 Å². The molecule has 0 saturated carbocycles. The van der Waals surface area contributed by atoms with Gasteiger partial charge in [-0.05, 0) is 44.9 Å². The van der Waals surface area contributed by atoms with Gasteiger partial charge >= 0.3 is 5.97 Å². The fourth-order valence-electron chi connectivity index (χ4n) is 8.31. The second-order valence-electron chi connectivity index (χ2n) is 18.3. The van der Waals surface area contributed by atoms with Gasteiger partial charge in [0, 0.05) is 6.42 Å². The zero-order chi connectivity index (χ0) is 43.1. The lowest BCUT2D eigenvalue weighted by molar-refractivity contribution is -0.151. The van der Waals surface area contributed by atoms with Crippen LogP contribution in [0.4, 0.5) is 0 Å². The van der Waals surface area contributed by atoms with E-state index < -0.39 is 18.2 Å². The van der Waals surface area contributed by atoms with Gasteiger partial charge in [0.05, 0.1) is 25.2 Å². The lowest BCUT2D eigenvalue weighted by Crippen LogP contribution is -2.46. The summed E-state index contributed by atoms with van der Waals surface area (Å²) >= 11 is 0. The zero-order valence-corrected chi connectivity index (χ0v) is 39.9. The molecule has 0 aromatic rings. The number of carbonyl (C=O) groups excluding carboxylic acids is 2. The molecule has 3 unspecified atom stereocenters. The molecule has 350 valence electrons. The summed E-state index contributed by atoms with van der Waals surface area (Å²) < 4.78 is 5.91. The molecule has 0 aliphatic heterocycles. The maximum Gasteiger partial charge on any atom is 0.306 e. The summed E-state index contributed by atoms with van der Waals surface area (Å²) in [5, 5.41) is 23.8. The second-order valence-corrected chi connectivity index (χ2v) is 18.3. The SMILES string of the molecule is CCCCCCCC/C=C\CCCC(CC(=O)NC(CO)C(O)CCCCCCCCCCCCCCCCCCC)OC(=O)CCCCCCCCCCCCCC. The highest BCUT2D eigenvalue weighted by Gasteiger charge is 2.24. The minimum atomic E-state index is -0.788. The fourth-order valence-corrected chi connectivity index (χ4v) is 8.31. The molecule has 0 saturated heterocycles. The summed E-state index contributed by atoms with van der Waals surface area (Å²) in [6.45, 7) is 6.49. The number of hydrogen-bond acceptors (Lipinski definition) is 5. The average molecular weight is 834 g/mol. The number of rotatable bonds is 48. The van der Waals surface area contributed by atoms with Crippen molar-refractivity contribution in [3.05, 3.63) is 12.2 Å². The van der Waals surface area contributed by atoms with Gasteiger partial charge in [-0.1, -0.05) is 245 Å². The number of allylic oxidation sites excluding steroid dienone is 2. The summed E-state index contributed by atoms with van der Waals surface area (Å²) in [5.41, 5.74) is 0. The van der Waals surface area contributed by atoms with Gasteiger partial charge in [0.25, 0.3) is 0 Å². The van der Waals surface area contributed by atoms with E-state index in [0.29, 0.717) is 19.3 Å². The molecule has 1 amide bonds. The number of unbranched alkanes of at least 4 members (excludes halogenated alkanes) is 34. The molecule has 59 heavy (non-hydrogen) atoms. The van der Waals surface area contributed by atoms with Gasteiger partial charge in [-0.15, -0.1) is 0 Å². The first-order valence-electron chi connectivity index (χ1n) is 26.4. The second kappa shape index (κ2) is 47.6. The van der Waals surface area contributed by atoms with Crippen molar-refractivity contribution in [1.82, 2.24) is 5.32 Å². The molecular formula is C53H103NO5. The third-order valence-corrected chi connectivity index (χ3v) is 12.3. The quantitative estimate of drug-likeness (QED) is 0.0322. The number of ether oxygens (including phenoxy) is 1. The maximum absolute atomic E-state index is 13.2. The van der Waals surface area contributed by atoms with Crippen LogP contribution in [-0.4, -0.2) is 46.9 Å². The molecule has 0 fully saturated rings. The van der Waals surface area contributed by atoms with Crippen LogP contribution in [0.2, 0.25) is 0 Å². The van der Waals surface area contributed by atoms with Crippen molar-refractivity contribution in [1.29, 1.82) is 0 Å². The van der Waals surface area contributed by atoms with E-state index in [-0.39, 0.29) is 24.9 Å². The van der Waals surface area contributed by atoms with E-state index in [1.165, 1.54) is 193 Å². The van der Waals surface area contributed by atoms with Crippen LogP contribution in [0.5, 0.6) is 0 Å². The Morgan fingerprint density at radius 2 is 0.831 bits per heavy atom. The van der Waals surface area contributed by atoms with Crippen molar-refractivity contribution in [2.75, 3.05) is 6.61 Å². The molecule has 0 aliphatic rings. The summed E-state index contributed by atoms with van der Waals surface area (Å²) in [4.78, 5) is 26.1. The summed E-state index contributed by atoms with van der Waals surface area (Å²) in [6, 6.07) is -0.703. The fraction of sp³-hybridized carbons (Fsp3) is 0.925. The number of aliphatic hydroxyl groups excluding tert-OH is 2. The standard InChI is InChI=1S/C53H103NO5/c1-4-7-10-13-16-19-22-24-25-26-27-28-30-33-36-39-42-45-51(56)50(48-55)54-52(57)47-49(44-41-38-35-32-29-21-18-15-12-9-6-3)59-53(58)46-43-40-37-34-31-23-20-17-14-11-8-5-2/h32,35,49-51,55-56H,4-31,33-34,36-48H2,1-3H3,(H,54,57)/b35-32-. The van der Waals surface area contributed by atoms with E-state index in [1.54, 1.807) is 0 Å². The van der Waals surface area contributed by atoms with Gasteiger partial charge in [-0.2, -0.15) is 0 Å². The van der Waals surface area contributed by atoms with E-state index in [9.17, 15) is 19.8 Å². The Kier molecular flexibility index (Phi) is 46.5. The third kappa shape index (κ3) is 43.1. The normalized spacial score (nSPS) is 13.2. The molecule has 0 heterocycles. The Balaban J connectivity index is 4.45. The lowest BCUT2D eigenvalue weighted by Gasteiger charge is -2.24. The Hall–Kier alpha value is -1.40. The number of nitrogens with one attached hydrogen (secondary N) is 1. The monoisotopic (exact) mass is 834 g/mol. The minimum Gasteiger partial charge on any atom is -0.462 e. The maximum atomic E-state index is 13.2. The number of carbonyl (C=O) groups is 2. The lowest BCUT2D eigenvalue weighted by atomic mass is 10.0. The van der Waals surface area contributed by atoms with Crippen LogP contribution in [0.3, 0.4) is 0 Å². The predicted molar refractivity (Wildman–Crippen MR) is 255 cm³/mol. The number of aliphatic hydroxyl groups is 2. The minimum absolute atomic E-state index is 0.0635. The van der Waals surface area contributed by atoms with E-state index in [1.807, 2.05) is 0 Å². The van der Waals surface area contributed by atoms with Gasteiger partial charge in [-0.25, -0.2) is 0 Å². The largest absolute Gasteiger partial charge is 0.462 e. The molecule has 0 aromatic carbocycles. The van der Waals surface area contributed by atoms with Crippen LogP contribution in [0, 0.1) is 0 Å². The molecular weight excluding hydrogens is 731 g/mol. The van der Waals surface area contributed by atoms with Crippen molar-refractivity contribution in [2.45, 2.75) is 309 Å². The first kappa shape index (κ1) is 57.6. The molecule has 0 bridgehead atoms. The summed E-state index contributed by atoms with van der Waals surface area (Å²) in [6.07, 6.45) is 52.8. The Morgan fingerprint density at radius 3 is 1.24 bits per heavy atom. The molecule has 3 N–H and O–H groups in total. The zero-order valence-electron chi connectivity index (χ0n) is 39.9. The molecule has 0 spiro atoms. The molecule has 3 atom stereocenters. The van der Waals surface area contributed by atoms with Crippen molar-refractivity contribution in [3.8, 4) is 0 Å². The van der Waals surface area contributed by atoms with E-state index in [0.717, 1.165) is 51.4 Å². The Labute approximate surface area is 368 Å². The first-order valence-corrected chi connectivity index (χ1v) is 26.4. The average Bonchev–Trinajstić information content (AvgIpc) is 3.23. The van der Waals surface area contributed by atoms with Crippen molar-refractivity contribution in [2.24, 2.45) is 0 Å². The van der Waals surface area contributed by atoms with E-state index in [4.69, 9.17) is 4.74 Å². The molecule has 0 rings (SSSR count). The molecule has 0 radical (unpaired) electrons. The molecule has 0 aromatic heterocycles. The summed E-state index contributed by atoms with van der Waals surface area (Å²) in [5.74, 6) is -0.488. The van der Waals surface area contributed by atoms with Gasteiger partial charge in [0.2, 0.25) is 5.91 Å². The highest BCUT2D eigenvalue weighted by atomic mass is 16.5. The van der Waals surface area contributed by atoms with Gasteiger partial charge in [0.15, 0.2) is 0 Å². The van der Waals surface area contributed by atoms with E-state index in [2.05, 4.69) is 38.2 Å². The highest BCUT2D eigenvalue weighted by Crippen LogP contribution is 2.18. The van der Waals surface area contributed by atoms with Crippen LogP contribution in [0.15, 0.2) is 12.2 Å². The third-order valence-electron chi connectivity index (χ3n) is 12.3. The summed E-state index contributed by atoms with van der Waals surface area (Å²) in [7, 11) is 0. The number of esters is 1. The van der Waals surface area contributed by atoms with Crippen LogP contribution in [-0.2, 0) is 14.3 Å². The van der Waals surface area contributed by atoms with Gasteiger partial charge in [0.1, 0.15) is 6.10 Å². The predicted octanol–water partition coefficient (Wildman–Crippen LogP) is 15.7. The first-order chi connectivity index (χ1) is 29.0. The topological polar surface area (TPSA) is 95.9 Å². The van der Waals surface area contributed by atoms with Gasteiger partial charge in [-0.3, -0.25) is 9.59 Å². The molecule has 6 heteroatoms. The molecule has 0 aliphatic carbocycles.